The van der Waals surface area contributed by atoms with E-state index < -0.39 is 17.8 Å². The van der Waals surface area contributed by atoms with E-state index in [0.29, 0.717) is 18.2 Å². The van der Waals surface area contributed by atoms with Crippen LogP contribution in [-0.4, -0.2) is 44.3 Å². The fraction of sp³-hybridized carbons (Fsp3) is 0.615. The van der Waals surface area contributed by atoms with Gasteiger partial charge in [0.2, 0.25) is 5.89 Å². The molecule has 1 aromatic heterocycles. The van der Waals surface area contributed by atoms with Gasteiger partial charge in [-0.25, -0.2) is 9.69 Å². The van der Waals surface area contributed by atoms with Crippen molar-refractivity contribution in [2.24, 2.45) is 5.92 Å². The van der Waals surface area contributed by atoms with Crippen molar-refractivity contribution in [2.75, 3.05) is 6.54 Å². The molecule has 4 amide bonds. The zero-order valence-corrected chi connectivity index (χ0v) is 12.3. The minimum Gasteiger partial charge on any atom is -0.337 e. The molecule has 1 aromatic rings. The van der Waals surface area contributed by atoms with E-state index in [0.717, 1.165) is 16.2 Å². The van der Waals surface area contributed by atoms with Gasteiger partial charge in [-0.2, -0.15) is 4.98 Å². The molecule has 0 atom stereocenters. The first kappa shape index (κ1) is 15.1. The van der Waals surface area contributed by atoms with Crippen molar-refractivity contribution in [1.29, 1.82) is 0 Å². The van der Waals surface area contributed by atoms with Crippen molar-refractivity contribution in [1.82, 2.24) is 19.9 Å². The van der Waals surface area contributed by atoms with Gasteiger partial charge in [0.25, 0.3) is 0 Å². The molecule has 0 N–H and O–H groups in total. The molecule has 0 saturated carbocycles. The van der Waals surface area contributed by atoms with Crippen LogP contribution < -0.4 is 0 Å². The second kappa shape index (κ2) is 6.02. The number of urea groups is 1. The SMILES string of the molecule is CCN1C(=O)C(=O)N(Cc2nc(CCC(C)C)no2)C1=O. The Morgan fingerprint density at radius 2 is 1.81 bits per heavy atom. The highest BCUT2D eigenvalue weighted by Gasteiger charge is 2.44. The smallest absolute Gasteiger partial charge is 0.334 e. The highest BCUT2D eigenvalue weighted by atomic mass is 16.5. The van der Waals surface area contributed by atoms with E-state index >= 15 is 0 Å². The van der Waals surface area contributed by atoms with Gasteiger partial charge in [-0.3, -0.25) is 14.5 Å². The van der Waals surface area contributed by atoms with Crippen molar-refractivity contribution < 1.29 is 18.9 Å². The van der Waals surface area contributed by atoms with Gasteiger partial charge in [-0.05, 0) is 19.3 Å². The highest BCUT2D eigenvalue weighted by Crippen LogP contribution is 2.15. The van der Waals surface area contributed by atoms with Crippen LogP contribution in [0.4, 0.5) is 4.79 Å². The molecule has 0 bridgehead atoms. The van der Waals surface area contributed by atoms with Crippen molar-refractivity contribution in [2.45, 2.75) is 40.2 Å². The zero-order chi connectivity index (χ0) is 15.6. The van der Waals surface area contributed by atoms with Gasteiger partial charge in [0.1, 0.15) is 6.54 Å². The van der Waals surface area contributed by atoms with Gasteiger partial charge in [-0.1, -0.05) is 19.0 Å². The van der Waals surface area contributed by atoms with Crippen molar-refractivity contribution in [3.8, 4) is 0 Å². The number of nitrogens with zero attached hydrogens (tertiary/aromatic N) is 4. The first-order chi connectivity index (χ1) is 9.93. The zero-order valence-electron chi connectivity index (χ0n) is 12.3. The van der Waals surface area contributed by atoms with Crippen LogP contribution >= 0.6 is 0 Å². The quantitative estimate of drug-likeness (QED) is 0.573. The summed E-state index contributed by atoms with van der Waals surface area (Å²) in [6.07, 6.45) is 1.59. The summed E-state index contributed by atoms with van der Waals surface area (Å²) in [5.74, 6) is -0.465. The largest absolute Gasteiger partial charge is 0.337 e. The van der Waals surface area contributed by atoms with Gasteiger partial charge in [-0.15, -0.1) is 0 Å². The molecule has 0 aliphatic carbocycles. The number of rotatable bonds is 6. The Bertz CT molecular complexity index is 566. The minimum atomic E-state index is -0.858. The van der Waals surface area contributed by atoms with Crippen LogP contribution in [0.1, 0.15) is 38.9 Å². The second-order valence-electron chi connectivity index (χ2n) is 5.26. The number of likely N-dealkylation sites (N-methyl/N-ethyl adjacent to an activating group) is 1. The Morgan fingerprint density at radius 1 is 1.14 bits per heavy atom. The Kier molecular flexibility index (Phi) is 4.35. The summed E-state index contributed by atoms with van der Waals surface area (Å²) < 4.78 is 5.02. The average Bonchev–Trinajstić information content (AvgIpc) is 2.96. The molecule has 8 nitrogen and oxygen atoms in total. The third kappa shape index (κ3) is 3.09. The van der Waals surface area contributed by atoms with Crippen LogP contribution in [0.15, 0.2) is 4.52 Å². The van der Waals surface area contributed by atoms with Gasteiger partial charge in [0.05, 0.1) is 0 Å². The van der Waals surface area contributed by atoms with E-state index in [9.17, 15) is 14.4 Å². The number of amides is 4. The van der Waals surface area contributed by atoms with Gasteiger partial charge in [0.15, 0.2) is 5.82 Å². The normalized spacial score (nSPS) is 15.7. The maximum absolute atomic E-state index is 11.9. The molecule has 1 saturated heterocycles. The molecule has 0 aromatic carbocycles. The first-order valence-corrected chi connectivity index (χ1v) is 6.92. The molecule has 114 valence electrons. The van der Waals surface area contributed by atoms with Crippen LogP contribution in [0.3, 0.4) is 0 Å². The lowest BCUT2D eigenvalue weighted by atomic mass is 10.1. The third-order valence-electron chi connectivity index (χ3n) is 3.20. The van der Waals surface area contributed by atoms with Crippen molar-refractivity contribution in [3.05, 3.63) is 11.7 Å². The molecule has 1 aliphatic heterocycles. The Balaban J connectivity index is 2.03. The molecule has 1 aliphatic rings. The Morgan fingerprint density at radius 3 is 2.38 bits per heavy atom. The number of imide groups is 2. The van der Waals surface area contributed by atoms with E-state index in [2.05, 4.69) is 24.0 Å². The molecule has 2 heterocycles. The van der Waals surface area contributed by atoms with E-state index in [1.54, 1.807) is 6.92 Å². The Labute approximate surface area is 122 Å². The second-order valence-corrected chi connectivity index (χ2v) is 5.26. The summed E-state index contributed by atoms with van der Waals surface area (Å²) in [5.41, 5.74) is 0. The predicted molar refractivity (Wildman–Crippen MR) is 70.8 cm³/mol. The monoisotopic (exact) mass is 294 g/mol. The van der Waals surface area contributed by atoms with Gasteiger partial charge >= 0.3 is 17.8 Å². The van der Waals surface area contributed by atoms with Gasteiger partial charge < -0.3 is 4.52 Å². The van der Waals surface area contributed by atoms with Gasteiger partial charge in [0, 0.05) is 13.0 Å². The first-order valence-electron chi connectivity index (χ1n) is 6.92. The van der Waals surface area contributed by atoms with Crippen LogP contribution in [0.5, 0.6) is 0 Å². The fourth-order valence-corrected chi connectivity index (χ4v) is 1.98. The molecule has 8 heteroatoms. The standard InChI is InChI=1S/C13H18N4O4/c1-4-16-11(18)12(19)17(13(16)20)7-10-14-9(15-21-10)6-5-8(2)3/h8H,4-7H2,1-3H3. The van der Waals surface area contributed by atoms with Crippen LogP contribution in [0.2, 0.25) is 0 Å². The van der Waals surface area contributed by atoms with Crippen molar-refractivity contribution >= 4 is 17.8 Å². The number of hydrogen-bond donors (Lipinski definition) is 0. The lowest BCUT2D eigenvalue weighted by Crippen LogP contribution is -2.32. The maximum Gasteiger partial charge on any atom is 0.334 e. The number of hydrogen-bond acceptors (Lipinski definition) is 6. The topological polar surface area (TPSA) is 96.6 Å². The molecular formula is C13H18N4O4. The molecule has 1 fully saturated rings. The summed E-state index contributed by atoms with van der Waals surface area (Å²) in [4.78, 5) is 41.1. The number of aryl methyl sites for hydroxylation is 1. The van der Waals surface area contributed by atoms with Crippen molar-refractivity contribution in [3.63, 3.8) is 0 Å². The molecule has 2 rings (SSSR count). The number of carbonyl (C=O) groups is 3. The minimum absolute atomic E-state index is 0.154. The lowest BCUT2D eigenvalue weighted by Gasteiger charge is -2.11. The molecule has 0 unspecified atom stereocenters. The van der Waals surface area contributed by atoms with E-state index in [1.165, 1.54) is 0 Å². The van der Waals surface area contributed by atoms with E-state index in [1.807, 2.05) is 0 Å². The predicted octanol–water partition coefficient (Wildman–Crippen LogP) is 0.969. The summed E-state index contributed by atoms with van der Waals surface area (Å²) in [5, 5.41) is 3.80. The third-order valence-corrected chi connectivity index (χ3v) is 3.20. The molecule has 0 spiro atoms. The summed E-state index contributed by atoms with van der Waals surface area (Å²) in [6, 6.07) is -0.644. The summed E-state index contributed by atoms with van der Waals surface area (Å²) >= 11 is 0. The van der Waals surface area contributed by atoms with Crippen LogP contribution in [-0.2, 0) is 22.6 Å². The van der Waals surface area contributed by atoms with E-state index in [4.69, 9.17) is 4.52 Å². The van der Waals surface area contributed by atoms with Crippen LogP contribution in [0, 0.1) is 5.92 Å². The molecular weight excluding hydrogens is 276 g/mol. The number of carbonyl (C=O) groups excluding carboxylic acids is 3. The molecule has 21 heavy (non-hydrogen) atoms. The lowest BCUT2D eigenvalue weighted by molar-refractivity contribution is -0.143. The van der Waals surface area contributed by atoms with E-state index in [-0.39, 0.29) is 19.0 Å². The average molecular weight is 294 g/mol. The summed E-state index contributed by atoms with van der Waals surface area (Å²) in [6.45, 7) is 5.79. The van der Waals surface area contributed by atoms with Crippen LogP contribution in [0.25, 0.3) is 0 Å². The highest BCUT2D eigenvalue weighted by molar-refractivity contribution is 6.44. The number of aromatic nitrogens is 2. The summed E-state index contributed by atoms with van der Waals surface area (Å²) in [7, 11) is 0. The Hall–Kier alpha value is -2.25. The maximum atomic E-state index is 11.9. The fourth-order valence-electron chi connectivity index (χ4n) is 1.98. The molecule has 0 radical (unpaired) electrons.